The van der Waals surface area contributed by atoms with Gasteiger partial charge in [-0.3, -0.25) is 0 Å². The van der Waals surface area contributed by atoms with Crippen LogP contribution in [0, 0.1) is 18.6 Å². The summed E-state index contributed by atoms with van der Waals surface area (Å²) >= 11 is 4.89. The SMILES string of the molecule is Cc1cc(C(N)=S)ccc1Nc1cc(F)cc(F)c1. The number of hydrogen-bond acceptors (Lipinski definition) is 2. The number of aryl methyl sites for hydroxylation is 1. The van der Waals surface area contributed by atoms with Crippen LogP contribution in [-0.2, 0) is 0 Å². The number of rotatable bonds is 3. The Morgan fingerprint density at radius 2 is 1.74 bits per heavy atom. The van der Waals surface area contributed by atoms with Gasteiger partial charge in [0.2, 0.25) is 0 Å². The molecular formula is C14H12F2N2S. The van der Waals surface area contributed by atoms with Crippen molar-refractivity contribution in [2.24, 2.45) is 5.73 Å². The van der Waals surface area contributed by atoms with Gasteiger partial charge in [0.15, 0.2) is 0 Å². The Bertz CT molecular complexity index is 621. The van der Waals surface area contributed by atoms with E-state index < -0.39 is 11.6 Å². The van der Waals surface area contributed by atoms with Crippen LogP contribution in [-0.4, -0.2) is 4.99 Å². The highest BCUT2D eigenvalue weighted by Gasteiger charge is 2.05. The van der Waals surface area contributed by atoms with Crippen molar-refractivity contribution in [3.8, 4) is 0 Å². The molecule has 0 fully saturated rings. The molecule has 0 atom stereocenters. The first-order chi connectivity index (χ1) is 8.95. The normalized spacial score (nSPS) is 10.3. The first-order valence-electron chi connectivity index (χ1n) is 5.59. The Labute approximate surface area is 115 Å². The highest BCUT2D eigenvalue weighted by atomic mass is 32.1. The maximum absolute atomic E-state index is 13.1. The third-order valence-electron chi connectivity index (χ3n) is 2.65. The molecule has 0 aliphatic heterocycles. The van der Waals surface area contributed by atoms with Crippen molar-refractivity contribution in [3.05, 3.63) is 59.2 Å². The number of nitrogens with two attached hydrogens (primary N) is 1. The number of thiocarbonyl (C=S) groups is 1. The summed E-state index contributed by atoms with van der Waals surface area (Å²) in [5.41, 5.74) is 8.27. The lowest BCUT2D eigenvalue weighted by Crippen LogP contribution is -2.09. The van der Waals surface area contributed by atoms with Crippen molar-refractivity contribution in [2.75, 3.05) is 5.32 Å². The molecule has 0 saturated heterocycles. The van der Waals surface area contributed by atoms with Crippen LogP contribution in [0.1, 0.15) is 11.1 Å². The quantitative estimate of drug-likeness (QED) is 0.842. The van der Waals surface area contributed by atoms with Crippen LogP contribution >= 0.6 is 12.2 Å². The van der Waals surface area contributed by atoms with Gasteiger partial charge in [-0.15, -0.1) is 0 Å². The van der Waals surface area contributed by atoms with Gasteiger partial charge in [0.05, 0.1) is 0 Å². The van der Waals surface area contributed by atoms with Crippen LogP contribution in [0.25, 0.3) is 0 Å². The predicted octanol–water partition coefficient (Wildman–Crippen LogP) is 3.65. The molecule has 98 valence electrons. The molecule has 2 nitrogen and oxygen atoms in total. The largest absolute Gasteiger partial charge is 0.389 e. The fourth-order valence-electron chi connectivity index (χ4n) is 1.74. The molecule has 0 amide bonds. The Hall–Kier alpha value is -2.01. The Kier molecular flexibility index (Phi) is 3.76. The summed E-state index contributed by atoms with van der Waals surface area (Å²) in [5, 5.41) is 2.96. The van der Waals surface area contributed by atoms with Crippen LogP contribution in [0.4, 0.5) is 20.2 Å². The summed E-state index contributed by atoms with van der Waals surface area (Å²) in [5.74, 6) is -1.25. The predicted molar refractivity (Wildman–Crippen MR) is 76.7 cm³/mol. The molecule has 0 aliphatic rings. The molecule has 0 heterocycles. The summed E-state index contributed by atoms with van der Waals surface area (Å²) in [6.07, 6.45) is 0. The summed E-state index contributed by atoms with van der Waals surface area (Å²) < 4.78 is 26.2. The lowest BCUT2D eigenvalue weighted by atomic mass is 10.1. The molecule has 5 heteroatoms. The Morgan fingerprint density at radius 1 is 1.11 bits per heavy atom. The van der Waals surface area contributed by atoms with Gasteiger partial charge in [0, 0.05) is 23.0 Å². The number of hydrogen-bond donors (Lipinski definition) is 2. The molecular weight excluding hydrogens is 266 g/mol. The lowest BCUT2D eigenvalue weighted by molar-refractivity contribution is 0.584. The number of anilines is 2. The highest BCUT2D eigenvalue weighted by Crippen LogP contribution is 2.23. The number of benzene rings is 2. The molecule has 0 aliphatic carbocycles. The van der Waals surface area contributed by atoms with Gasteiger partial charge in [-0.05, 0) is 42.8 Å². The van der Waals surface area contributed by atoms with Gasteiger partial charge in [-0.2, -0.15) is 0 Å². The van der Waals surface area contributed by atoms with E-state index in [1.807, 2.05) is 13.0 Å². The maximum atomic E-state index is 13.1. The monoisotopic (exact) mass is 278 g/mol. The van der Waals surface area contributed by atoms with Crippen LogP contribution in [0.3, 0.4) is 0 Å². The molecule has 0 saturated carbocycles. The molecule has 2 rings (SSSR count). The lowest BCUT2D eigenvalue weighted by Gasteiger charge is -2.11. The molecule has 0 radical (unpaired) electrons. The van der Waals surface area contributed by atoms with Crippen molar-refractivity contribution in [3.63, 3.8) is 0 Å². The van der Waals surface area contributed by atoms with E-state index in [9.17, 15) is 8.78 Å². The van der Waals surface area contributed by atoms with E-state index in [1.54, 1.807) is 12.1 Å². The van der Waals surface area contributed by atoms with E-state index in [4.69, 9.17) is 18.0 Å². The van der Waals surface area contributed by atoms with Crippen molar-refractivity contribution in [1.29, 1.82) is 0 Å². The second-order valence-corrected chi connectivity index (χ2v) is 4.62. The number of nitrogens with one attached hydrogen (secondary N) is 1. The Balaban J connectivity index is 2.30. The first-order valence-corrected chi connectivity index (χ1v) is 6.00. The van der Waals surface area contributed by atoms with Gasteiger partial charge in [0.25, 0.3) is 0 Å². The zero-order chi connectivity index (χ0) is 14.0. The molecule has 3 N–H and O–H groups in total. The van der Waals surface area contributed by atoms with Gasteiger partial charge < -0.3 is 11.1 Å². The topological polar surface area (TPSA) is 38.0 Å². The third-order valence-corrected chi connectivity index (χ3v) is 2.89. The standard InChI is InChI=1S/C14H12F2N2S/c1-8-4-9(14(17)19)2-3-13(8)18-12-6-10(15)5-11(16)7-12/h2-7,18H,1H3,(H2,17,19). The van der Waals surface area contributed by atoms with Crippen molar-refractivity contribution >= 4 is 28.6 Å². The molecule has 0 spiro atoms. The van der Waals surface area contributed by atoms with Gasteiger partial charge in [-0.25, -0.2) is 8.78 Å². The van der Waals surface area contributed by atoms with Gasteiger partial charge in [-0.1, -0.05) is 12.2 Å². The first kappa shape index (κ1) is 13.4. The summed E-state index contributed by atoms with van der Waals surface area (Å²) in [6.45, 7) is 1.86. The van der Waals surface area contributed by atoms with Crippen LogP contribution in [0.5, 0.6) is 0 Å². The van der Waals surface area contributed by atoms with E-state index in [0.717, 1.165) is 22.9 Å². The summed E-state index contributed by atoms with van der Waals surface area (Å²) in [4.78, 5) is 0.312. The van der Waals surface area contributed by atoms with Gasteiger partial charge >= 0.3 is 0 Å². The summed E-state index contributed by atoms with van der Waals surface area (Å²) in [7, 11) is 0. The molecule has 0 bridgehead atoms. The zero-order valence-electron chi connectivity index (χ0n) is 10.2. The van der Waals surface area contributed by atoms with E-state index >= 15 is 0 Å². The highest BCUT2D eigenvalue weighted by molar-refractivity contribution is 7.80. The van der Waals surface area contributed by atoms with Crippen LogP contribution in [0.15, 0.2) is 36.4 Å². The molecule has 0 unspecified atom stereocenters. The minimum Gasteiger partial charge on any atom is -0.389 e. The third kappa shape index (κ3) is 3.26. The fourth-order valence-corrected chi connectivity index (χ4v) is 1.87. The molecule has 19 heavy (non-hydrogen) atoms. The van der Waals surface area contributed by atoms with Crippen molar-refractivity contribution in [1.82, 2.24) is 0 Å². The Morgan fingerprint density at radius 3 is 2.26 bits per heavy atom. The summed E-state index contributed by atoms with van der Waals surface area (Å²) in [6, 6.07) is 8.63. The minimum absolute atomic E-state index is 0.312. The second-order valence-electron chi connectivity index (χ2n) is 4.18. The van der Waals surface area contributed by atoms with Crippen LogP contribution in [0.2, 0.25) is 0 Å². The molecule has 2 aromatic carbocycles. The van der Waals surface area contributed by atoms with Gasteiger partial charge in [0.1, 0.15) is 16.6 Å². The van der Waals surface area contributed by atoms with Crippen molar-refractivity contribution < 1.29 is 8.78 Å². The molecule has 0 aromatic heterocycles. The maximum Gasteiger partial charge on any atom is 0.128 e. The van der Waals surface area contributed by atoms with E-state index in [1.165, 1.54) is 12.1 Å². The van der Waals surface area contributed by atoms with E-state index in [-0.39, 0.29) is 0 Å². The minimum atomic E-state index is -0.625. The smallest absolute Gasteiger partial charge is 0.128 e. The fraction of sp³-hybridized carbons (Fsp3) is 0.0714. The second kappa shape index (κ2) is 5.32. The van der Waals surface area contributed by atoms with Crippen LogP contribution < -0.4 is 11.1 Å². The zero-order valence-corrected chi connectivity index (χ0v) is 11.0. The number of halogens is 2. The average molecular weight is 278 g/mol. The average Bonchev–Trinajstić information content (AvgIpc) is 2.30. The van der Waals surface area contributed by atoms with E-state index in [0.29, 0.717) is 10.7 Å². The van der Waals surface area contributed by atoms with Crippen molar-refractivity contribution in [2.45, 2.75) is 6.92 Å². The molecule has 2 aromatic rings. The van der Waals surface area contributed by atoms with E-state index in [2.05, 4.69) is 5.32 Å².